The smallest absolute Gasteiger partial charge is 0.328 e. The van der Waals surface area contributed by atoms with Crippen LogP contribution in [0, 0.1) is 0 Å². The van der Waals surface area contributed by atoms with Crippen molar-refractivity contribution in [1.29, 1.82) is 0 Å². The molecule has 0 spiro atoms. The Hall–Kier alpha value is -1.36. The van der Waals surface area contributed by atoms with Crippen LogP contribution >= 0.6 is 0 Å². The molecule has 1 rings (SSSR count). The van der Waals surface area contributed by atoms with Crippen LogP contribution in [0.25, 0.3) is 0 Å². The third-order valence-electron chi connectivity index (χ3n) is 2.21. The van der Waals surface area contributed by atoms with Gasteiger partial charge in [-0.25, -0.2) is 4.98 Å². The maximum absolute atomic E-state index is 10.9. The van der Waals surface area contributed by atoms with Gasteiger partial charge < -0.3 is 15.4 Å². The topological polar surface area (TPSA) is 78.0 Å². The van der Waals surface area contributed by atoms with Gasteiger partial charge in [-0.2, -0.15) is 0 Å². The normalized spacial score (nSPS) is 13.9. The zero-order valence-corrected chi connectivity index (χ0v) is 9.46. The molecule has 1 atom stereocenters. The minimum Gasteiger partial charge on any atom is -0.480 e. The number of nitrogens with zero attached hydrogens (tertiary/aromatic N) is 1. The predicted molar refractivity (Wildman–Crippen MR) is 56.7 cm³/mol. The molecule has 1 heterocycles. The van der Waals surface area contributed by atoms with Crippen molar-refractivity contribution in [2.24, 2.45) is 0 Å². The van der Waals surface area contributed by atoms with Gasteiger partial charge in [-0.3, -0.25) is 4.79 Å². The van der Waals surface area contributed by atoms with Crippen molar-refractivity contribution in [3.63, 3.8) is 0 Å². The third-order valence-corrected chi connectivity index (χ3v) is 2.21. The first-order valence-corrected chi connectivity index (χ1v) is 4.81. The van der Waals surface area contributed by atoms with Crippen molar-refractivity contribution in [3.05, 3.63) is 17.7 Å². The van der Waals surface area contributed by atoms with Gasteiger partial charge in [-0.15, -0.1) is 0 Å². The number of aromatic amines is 1. The highest BCUT2D eigenvalue weighted by molar-refractivity contribution is 5.74. The van der Waals surface area contributed by atoms with Crippen LogP contribution in [-0.4, -0.2) is 28.1 Å². The van der Waals surface area contributed by atoms with Crippen molar-refractivity contribution >= 4 is 5.97 Å². The molecule has 0 radical (unpaired) electrons. The fourth-order valence-electron chi connectivity index (χ4n) is 1.24. The van der Waals surface area contributed by atoms with E-state index in [1.807, 2.05) is 20.8 Å². The average Bonchev–Trinajstić information content (AvgIpc) is 2.52. The molecule has 5 nitrogen and oxygen atoms in total. The van der Waals surface area contributed by atoms with E-state index in [0.29, 0.717) is 5.82 Å². The summed E-state index contributed by atoms with van der Waals surface area (Å²) in [6.07, 6.45) is 1.68. The molecular formula is C10H17N3O2. The Morgan fingerprint density at radius 3 is 2.53 bits per heavy atom. The van der Waals surface area contributed by atoms with Gasteiger partial charge in [-0.1, -0.05) is 20.8 Å². The van der Waals surface area contributed by atoms with Gasteiger partial charge in [-0.05, 0) is 7.05 Å². The second-order valence-corrected chi connectivity index (χ2v) is 4.49. The summed E-state index contributed by atoms with van der Waals surface area (Å²) in [7, 11) is 1.60. The highest BCUT2D eigenvalue weighted by Gasteiger charge is 2.23. The summed E-state index contributed by atoms with van der Waals surface area (Å²) < 4.78 is 0. The summed E-state index contributed by atoms with van der Waals surface area (Å²) in [6, 6.07) is -0.777. The molecule has 0 saturated carbocycles. The van der Waals surface area contributed by atoms with Gasteiger partial charge in [0, 0.05) is 17.3 Å². The maximum Gasteiger partial charge on any atom is 0.328 e. The van der Waals surface area contributed by atoms with Gasteiger partial charge in [0.15, 0.2) is 6.04 Å². The van der Waals surface area contributed by atoms with Crippen molar-refractivity contribution < 1.29 is 9.90 Å². The first-order chi connectivity index (χ1) is 6.86. The number of carboxylic acid groups (broad SMARTS) is 1. The van der Waals surface area contributed by atoms with E-state index in [4.69, 9.17) is 5.11 Å². The standard InChI is InChI=1S/C10H17N3O2/c1-10(2,3)6-5-12-8(13-6)7(11-4)9(14)15/h5,7,11H,1-4H3,(H,12,13)(H,14,15). The Morgan fingerprint density at radius 1 is 1.60 bits per heavy atom. The molecule has 1 aromatic rings. The number of aliphatic carboxylic acids is 1. The van der Waals surface area contributed by atoms with E-state index in [1.165, 1.54) is 0 Å². The predicted octanol–water partition coefficient (Wildman–Crippen LogP) is 1.05. The Balaban J connectivity index is 2.97. The van der Waals surface area contributed by atoms with Crippen molar-refractivity contribution in [2.45, 2.75) is 32.2 Å². The summed E-state index contributed by atoms with van der Waals surface area (Å²) in [5.41, 5.74) is 0.876. The monoisotopic (exact) mass is 211 g/mol. The van der Waals surface area contributed by atoms with Crippen LogP contribution in [0.15, 0.2) is 6.20 Å². The van der Waals surface area contributed by atoms with Crippen LogP contribution in [0.4, 0.5) is 0 Å². The SMILES string of the molecule is CNC(C(=O)O)c1ncc(C(C)(C)C)[nH]1. The fourth-order valence-corrected chi connectivity index (χ4v) is 1.24. The molecule has 0 aliphatic heterocycles. The third kappa shape index (κ3) is 2.56. The number of nitrogens with one attached hydrogen (secondary N) is 2. The molecule has 0 bridgehead atoms. The number of carboxylic acids is 1. The lowest BCUT2D eigenvalue weighted by atomic mass is 9.93. The van der Waals surface area contributed by atoms with Crippen molar-refractivity contribution in [3.8, 4) is 0 Å². The van der Waals surface area contributed by atoms with E-state index in [-0.39, 0.29) is 5.41 Å². The Bertz CT molecular complexity index is 352. The molecule has 0 amide bonds. The van der Waals surface area contributed by atoms with Crippen molar-refractivity contribution in [1.82, 2.24) is 15.3 Å². The Morgan fingerprint density at radius 2 is 2.20 bits per heavy atom. The molecule has 1 unspecified atom stereocenters. The van der Waals surface area contributed by atoms with Crippen molar-refractivity contribution in [2.75, 3.05) is 7.05 Å². The zero-order valence-electron chi connectivity index (χ0n) is 9.46. The van der Waals surface area contributed by atoms with Crippen LogP contribution < -0.4 is 5.32 Å². The molecule has 3 N–H and O–H groups in total. The Kier molecular flexibility index (Phi) is 3.14. The second kappa shape index (κ2) is 4.02. The lowest BCUT2D eigenvalue weighted by molar-refractivity contribution is -0.139. The van der Waals surface area contributed by atoms with E-state index >= 15 is 0 Å². The van der Waals surface area contributed by atoms with Crippen LogP contribution in [0.1, 0.15) is 38.3 Å². The highest BCUT2D eigenvalue weighted by atomic mass is 16.4. The lowest BCUT2D eigenvalue weighted by Gasteiger charge is -2.15. The summed E-state index contributed by atoms with van der Waals surface area (Å²) in [4.78, 5) is 18.0. The van der Waals surface area contributed by atoms with Gasteiger partial charge >= 0.3 is 5.97 Å². The van der Waals surface area contributed by atoms with Gasteiger partial charge in [0.25, 0.3) is 0 Å². The second-order valence-electron chi connectivity index (χ2n) is 4.49. The molecule has 0 aromatic carbocycles. The number of aromatic nitrogens is 2. The summed E-state index contributed by atoms with van der Waals surface area (Å²) >= 11 is 0. The van der Waals surface area contributed by atoms with E-state index < -0.39 is 12.0 Å². The number of H-pyrrole nitrogens is 1. The lowest BCUT2D eigenvalue weighted by Crippen LogP contribution is -2.26. The average molecular weight is 211 g/mol. The zero-order chi connectivity index (χ0) is 11.6. The molecule has 5 heteroatoms. The summed E-state index contributed by atoms with van der Waals surface area (Å²) in [5.74, 6) is -0.498. The molecular weight excluding hydrogens is 194 g/mol. The molecule has 15 heavy (non-hydrogen) atoms. The number of imidazole rings is 1. The van der Waals surface area contributed by atoms with E-state index in [0.717, 1.165) is 5.69 Å². The quantitative estimate of drug-likeness (QED) is 0.698. The van der Waals surface area contributed by atoms with Crippen LogP contribution in [-0.2, 0) is 10.2 Å². The van der Waals surface area contributed by atoms with E-state index in [2.05, 4.69) is 15.3 Å². The van der Waals surface area contributed by atoms with E-state index in [9.17, 15) is 4.79 Å². The van der Waals surface area contributed by atoms with E-state index in [1.54, 1.807) is 13.2 Å². The van der Waals surface area contributed by atoms with Gasteiger partial charge in [0.05, 0.1) is 0 Å². The molecule has 0 aliphatic rings. The Labute approximate surface area is 88.9 Å². The number of hydrogen-bond donors (Lipinski definition) is 3. The number of rotatable bonds is 3. The molecule has 0 saturated heterocycles. The molecule has 1 aromatic heterocycles. The van der Waals surface area contributed by atoms with Crippen LogP contribution in [0.2, 0.25) is 0 Å². The fraction of sp³-hybridized carbons (Fsp3) is 0.600. The first-order valence-electron chi connectivity index (χ1n) is 4.81. The van der Waals surface area contributed by atoms with Crippen LogP contribution in [0.3, 0.4) is 0 Å². The minimum absolute atomic E-state index is 0.0535. The number of hydrogen-bond acceptors (Lipinski definition) is 3. The molecule has 0 aliphatic carbocycles. The maximum atomic E-state index is 10.9. The number of carbonyl (C=O) groups is 1. The largest absolute Gasteiger partial charge is 0.480 e. The van der Waals surface area contributed by atoms with Gasteiger partial charge in [0.1, 0.15) is 5.82 Å². The number of likely N-dealkylation sites (N-methyl/N-ethyl adjacent to an activating group) is 1. The first kappa shape index (κ1) is 11.7. The van der Waals surface area contributed by atoms with Gasteiger partial charge in [0.2, 0.25) is 0 Å². The molecule has 84 valence electrons. The minimum atomic E-state index is -0.938. The summed E-state index contributed by atoms with van der Waals surface area (Å²) in [6.45, 7) is 6.12. The van der Waals surface area contributed by atoms with Crippen LogP contribution in [0.5, 0.6) is 0 Å². The highest BCUT2D eigenvalue weighted by Crippen LogP contribution is 2.21. The summed E-state index contributed by atoms with van der Waals surface area (Å²) in [5, 5.41) is 11.6. The molecule has 0 fully saturated rings.